The van der Waals surface area contributed by atoms with E-state index in [0.717, 1.165) is 18.2 Å². The van der Waals surface area contributed by atoms with E-state index in [9.17, 15) is 9.59 Å². The van der Waals surface area contributed by atoms with Crippen molar-refractivity contribution in [1.29, 1.82) is 0 Å². The number of carbonyl (C=O) groups excluding carboxylic acids is 1. The van der Waals surface area contributed by atoms with Crippen molar-refractivity contribution in [2.45, 2.75) is 18.6 Å². The van der Waals surface area contributed by atoms with E-state index in [2.05, 4.69) is 12.2 Å². The molecule has 88 valence electrons. The fraction of sp³-hybridized carbons (Fsp3) is 0.778. The van der Waals surface area contributed by atoms with Crippen LogP contribution in [0.25, 0.3) is 0 Å². The van der Waals surface area contributed by atoms with Gasteiger partial charge in [0.1, 0.15) is 0 Å². The fourth-order valence-electron chi connectivity index (χ4n) is 0.815. The summed E-state index contributed by atoms with van der Waals surface area (Å²) >= 11 is 2.88. The van der Waals surface area contributed by atoms with Gasteiger partial charge in [-0.3, -0.25) is 9.59 Å². The molecule has 0 bridgehead atoms. The van der Waals surface area contributed by atoms with Gasteiger partial charge in [-0.2, -0.15) is 11.8 Å². The third-order valence-electron chi connectivity index (χ3n) is 1.73. The molecule has 0 aromatic rings. The Balaban J connectivity index is 3.37. The highest BCUT2D eigenvalue weighted by Gasteiger charge is 2.04. The highest BCUT2D eigenvalue weighted by Crippen LogP contribution is 2.08. The summed E-state index contributed by atoms with van der Waals surface area (Å²) in [5, 5.41) is 11.6. The largest absolute Gasteiger partial charge is 0.481 e. The molecule has 6 heteroatoms. The summed E-state index contributed by atoms with van der Waals surface area (Å²) in [5.41, 5.74) is 0. The minimum atomic E-state index is -0.885. The molecular formula is C9H17NO3S2. The van der Waals surface area contributed by atoms with Crippen LogP contribution >= 0.6 is 23.5 Å². The maximum absolute atomic E-state index is 11.2. The maximum Gasteiger partial charge on any atom is 0.313 e. The molecule has 1 atom stereocenters. The molecule has 0 aromatic heterocycles. The first kappa shape index (κ1) is 14.6. The second-order valence-corrected chi connectivity index (χ2v) is 5.33. The van der Waals surface area contributed by atoms with Crippen molar-refractivity contribution < 1.29 is 14.7 Å². The Morgan fingerprint density at radius 1 is 1.40 bits per heavy atom. The molecule has 2 N–H and O–H groups in total. The molecule has 1 amide bonds. The summed E-state index contributed by atoms with van der Waals surface area (Å²) in [7, 11) is 0. The van der Waals surface area contributed by atoms with E-state index < -0.39 is 5.97 Å². The Morgan fingerprint density at radius 3 is 2.60 bits per heavy atom. The van der Waals surface area contributed by atoms with Crippen molar-refractivity contribution in [2.24, 2.45) is 0 Å². The summed E-state index contributed by atoms with van der Waals surface area (Å²) < 4.78 is 0. The zero-order valence-corrected chi connectivity index (χ0v) is 10.6. The lowest BCUT2D eigenvalue weighted by Gasteiger charge is -2.08. The first-order valence-corrected chi connectivity index (χ1v) is 7.09. The monoisotopic (exact) mass is 251 g/mol. The molecule has 0 fully saturated rings. The first-order valence-electron chi connectivity index (χ1n) is 4.65. The summed E-state index contributed by atoms with van der Waals surface area (Å²) in [5.74, 6) is -0.771. The predicted molar refractivity (Wildman–Crippen MR) is 65.6 cm³/mol. The zero-order valence-electron chi connectivity index (χ0n) is 8.99. The average molecular weight is 251 g/mol. The minimum absolute atomic E-state index is 0.0192. The number of carboxylic acids is 1. The molecule has 0 spiro atoms. The third-order valence-corrected chi connectivity index (χ3v) is 3.69. The quantitative estimate of drug-likeness (QED) is 0.675. The summed E-state index contributed by atoms with van der Waals surface area (Å²) in [6, 6.07) is 0. The standard InChI is InChI=1S/C9H17NO3S2/c1-7(14-2)3-4-10-8(11)5-15-6-9(12)13/h7H,3-6H2,1-2H3,(H,10,11)(H,12,13). The lowest BCUT2D eigenvalue weighted by atomic mass is 10.3. The van der Waals surface area contributed by atoms with E-state index in [1.165, 1.54) is 0 Å². The maximum atomic E-state index is 11.2. The lowest BCUT2D eigenvalue weighted by molar-refractivity contribution is -0.133. The van der Waals surface area contributed by atoms with Crippen LogP contribution < -0.4 is 5.32 Å². The normalized spacial score (nSPS) is 12.1. The third kappa shape index (κ3) is 9.93. The van der Waals surface area contributed by atoms with Gasteiger partial charge in [-0.1, -0.05) is 6.92 Å². The highest BCUT2D eigenvalue weighted by molar-refractivity contribution is 8.00. The van der Waals surface area contributed by atoms with Gasteiger partial charge in [0.05, 0.1) is 11.5 Å². The minimum Gasteiger partial charge on any atom is -0.481 e. The molecule has 0 rings (SSSR count). The van der Waals surface area contributed by atoms with Crippen LogP contribution in [0.1, 0.15) is 13.3 Å². The van der Waals surface area contributed by atoms with Crippen LogP contribution in [0.3, 0.4) is 0 Å². The number of carbonyl (C=O) groups is 2. The Morgan fingerprint density at radius 2 is 2.07 bits per heavy atom. The summed E-state index contributed by atoms with van der Waals surface area (Å²) in [4.78, 5) is 21.3. The predicted octanol–water partition coefficient (Wildman–Crippen LogP) is 1.06. The van der Waals surface area contributed by atoms with E-state index in [1.54, 1.807) is 11.8 Å². The number of carboxylic acid groups (broad SMARTS) is 1. The number of hydrogen-bond acceptors (Lipinski definition) is 4. The highest BCUT2D eigenvalue weighted by atomic mass is 32.2. The summed E-state index contributed by atoms with van der Waals surface area (Å²) in [6.45, 7) is 2.77. The smallest absolute Gasteiger partial charge is 0.313 e. The van der Waals surface area contributed by atoms with Crippen LogP contribution in [0.4, 0.5) is 0 Å². The van der Waals surface area contributed by atoms with Crippen LogP contribution in [0, 0.1) is 0 Å². The molecule has 0 radical (unpaired) electrons. The average Bonchev–Trinajstić information content (AvgIpc) is 2.17. The van der Waals surface area contributed by atoms with Crippen molar-refractivity contribution in [2.75, 3.05) is 24.3 Å². The van der Waals surface area contributed by atoms with Gasteiger partial charge in [0.25, 0.3) is 0 Å². The number of hydrogen-bond donors (Lipinski definition) is 2. The number of nitrogens with one attached hydrogen (secondary N) is 1. The van der Waals surface area contributed by atoms with E-state index in [1.807, 2.05) is 6.26 Å². The molecule has 0 aromatic carbocycles. The fourth-order valence-corrected chi connectivity index (χ4v) is 1.73. The molecule has 0 heterocycles. The van der Waals surface area contributed by atoms with Crippen molar-refractivity contribution >= 4 is 35.4 Å². The number of aliphatic carboxylic acids is 1. The van der Waals surface area contributed by atoms with Crippen molar-refractivity contribution in [1.82, 2.24) is 5.32 Å². The topological polar surface area (TPSA) is 66.4 Å². The van der Waals surface area contributed by atoms with Gasteiger partial charge < -0.3 is 10.4 Å². The van der Waals surface area contributed by atoms with E-state index in [-0.39, 0.29) is 17.4 Å². The van der Waals surface area contributed by atoms with E-state index >= 15 is 0 Å². The van der Waals surface area contributed by atoms with Gasteiger partial charge in [-0.15, -0.1) is 11.8 Å². The Hall–Kier alpha value is -0.360. The summed E-state index contributed by atoms with van der Waals surface area (Å²) in [6.07, 6.45) is 2.98. The van der Waals surface area contributed by atoms with E-state index in [0.29, 0.717) is 11.8 Å². The van der Waals surface area contributed by atoms with Crippen LogP contribution in [-0.2, 0) is 9.59 Å². The number of rotatable bonds is 8. The Labute approximate surface area is 98.6 Å². The van der Waals surface area contributed by atoms with Crippen LogP contribution in [0.5, 0.6) is 0 Å². The second kappa shape index (κ2) is 8.91. The molecular weight excluding hydrogens is 234 g/mol. The Bertz CT molecular complexity index is 212. The number of amides is 1. The van der Waals surface area contributed by atoms with Gasteiger partial charge in [-0.05, 0) is 12.7 Å². The van der Waals surface area contributed by atoms with E-state index in [4.69, 9.17) is 5.11 Å². The molecule has 4 nitrogen and oxygen atoms in total. The molecule has 0 saturated carbocycles. The molecule has 0 aliphatic rings. The van der Waals surface area contributed by atoms with Gasteiger partial charge in [0.2, 0.25) is 5.91 Å². The zero-order chi connectivity index (χ0) is 11.7. The van der Waals surface area contributed by atoms with Gasteiger partial charge in [0, 0.05) is 11.8 Å². The van der Waals surface area contributed by atoms with Gasteiger partial charge >= 0.3 is 5.97 Å². The van der Waals surface area contributed by atoms with Gasteiger partial charge in [0.15, 0.2) is 0 Å². The molecule has 0 saturated heterocycles. The first-order chi connectivity index (χ1) is 7.06. The molecule has 0 aliphatic heterocycles. The molecule has 1 unspecified atom stereocenters. The molecule has 15 heavy (non-hydrogen) atoms. The van der Waals surface area contributed by atoms with Gasteiger partial charge in [-0.25, -0.2) is 0 Å². The molecule has 0 aliphatic carbocycles. The van der Waals surface area contributed by atoms with Crippen molar-refractivity contribution in [3.8, 4) is 0 Å². The second-order valence-electron chi connectivity index (χ2n) is 3.07. The van der Waals surface area contributed by atoms with Crippen LogP contribution in [-0.4, -0.2) is 46.5 Å². The lowest BCUT2D eigenvalue weighted by Crippen LogP contribution is -2.27. The SMILES string of the molecule is CSC(C)CCNC(=O)CSCC(=O)O. The van der Waals surface area contributed by atoms with Crippen molar-refractivity contribution in [3.63, 3.8) is 0 Å². The van der Waals surface area contributed by atoms with Crippen LogP contribution in [0.15, 0.2) is 0 Å². The van der Waals surface area contributed by atoms with Crippen molar-refractivity contribution in [3.05, 3.63) is 0 Å². The van der Waals surface area contributed by atoms with Crippen LogP contribution in [0.2, 0.25) is 0 Å². The number of thioether (sulfide) groups is 2. The Kier molecular flexibility index (Phi) is 8.70.